The van der Waals surface area contributed by atoms with E-state index in [0.717, 1.165) is 55.8 Å². The van der Waals surface area contributed by atoms with Gasteiger partial charge >= 0.3 is 0 Å². The Bertz CT molecular complexity index is 884. The molecule has 0 radical (unpaired) electrons. The maximum Gasteiger partial charge on any atom is 0.230 e. The lowest BCUT2D eigenvalue weighted by Gasteiger charge is -2.41. The molecule has 0 aromatic heterocycles. The fourth-order valence-electron chi connectivity index (χ4n) is 4.90. The molecule has 174 valence electrons. The van der Waals surface area contributed by atoms with Gasteiger partial charge in [-0.3, -0.25) is 14.4 Å². The van der Waals surface area contributed by atoms with Gasteiger partial charge in [0.05, 0.1) is 17.4 Å². The Labute approximate surface area is 190 Å². The first-order valence-electron chi connectivity index (χ1n) is 11.8. The van der Waals surface area contributed by atoms with Gasteiger partial charge in [0.15, 0.2) is 0 Å². The predicted molar refractivity (Wildman–Crippen MR) is 125 cm³/mol. The smallest absolute Gasteiger partial charge is 0.230 e. The molecule has 2 aliphatic heterocycles. The van der Waals surface area contributed by atoms with Crippen LogP contribution in [0.15, 0.2) is 18.2 Å². The van der Waals surface area contributed by atoms with Crippen LogP contribution in [0.4, 0.5) is 11.4 Å². The number of nitrogens with zero attached hydrogens (tertiary/aromatic N) is 3. The van der Waals surface area contributed by atoms with Gasteiger partial charge in [-0.15, -0.1) is 0 Å². The second-order valence-electron chi connectivity index (χ2n) is 9.33. The van der Waals surface area contributed by atoms with Crippen LogP contribution in [-0.4, -0.2) is 67.9 Å². The number of nitrogens with one attached hydrogen (secondary N) is 1. The average molecular weight is 442 g/mol. The average Bonchev–Trinajstić information content (AvgIpc) is 3.54. The summed E-state index contributed by atoms with van der Waals surface area (Å²) in [5.74, 6) is 0.580. The van der Waals surface area contributed by atoms with Crippen LogP contribution in [0.2, 0.25) is 0 Å². The van der Waals surface area contributed by atoms with Crippen molar-refractivity contribution >= 4 is 29.1 Å². The monoisotopic (exact) mass is 441 g/mol. The maximum atomic E-state index is 13.0. The highest BCUT2D eigenvalue weighted by Gasteiger charge is 2.39. The SMILES string of the molecule is CC(=O)N1c2ccc(C(CN)CNCCN3CCCC3=O)cc2N(C(=O)C2CC2)C[C@@H]1C. The van der Waals surface area contributed by atoms with Crippen molar-refractivity contribution < 1.29 is 14.4 Å². The van der Waals surface area contributed by atoms with Crippen LogP contribution < -0.4 is 20.9 Å². The number of hydrogen-bond donors (Lipinski definition) is 2. The van der Waals surface area contributed by atoms with E-state index in [1.807, 2.05) is 34.9 Å². The number of nitrogens with two attached hydrogens (primary N) is 1. The number of carbonyl (C=O) groups excluding carboxylic acids is 3. The van der Waals surface area contributed by atoms with Gasteiger partial charge in [-0.2, -0.15) is 0 Å². The zero-order valence-electron chi connectivity index (χ0n) is 19.2. The summed E-state index contributed by atoms with van der Waals surface area (Å²) >= 11 is 0. The van der Waals surface area contributed by atoms with Crippen LogP contribution in [0.1, 0.15) is 51.0 Å². The summed E-state index contributed by atoms with van der Waals surface area (Å²) in [4.78, 5) is 42.7. The van der Waals surface area contributed by atoms with Crippen LogP contribution in [0, 0.1) is 5.92 Å². The minimum absolute atomic E-state index is 0.0153. The summed E-state index contributed by atoms with van der Waals surface area (Å²) in [7, 11) is 0. The molecule has 4 rings (SSSR count). The zero-order chi connectivity index (χ0) is 22.8. The minimum Gasteiger partial charge on any atom is -0.341 e. The molecule has 32 heavy (non-hydrogen) atoms. The third-order valence-corrected chi connectivity index (χ3v) is 6.85. The Morgan fingerprint density at radius 3 is 2.66 bits per heavy atom. The first-order chi connectivity index (χ1) is 15.4. The molecule has 0 spiro atoms. The largest absolute Gasteiger partial charge is 0.341 e. The molecule has 1 aromatic carbocycles. The van der Waals surface area contributed by atoms with E-state index in [1.54, 1.807) is 11.8 Å². The predicted octanol–water partition coefficient (Wildman–Crippen LogP) is 1.44. The van der Waals surface area contributed by atoms with E-state index in [2.05, 4.69) is 5.32 Å². The van der Waals surface area contributed by atoms with Crippen LogP contribution in [-0.2, 0) is 14.4 Å². The Hall–Kier alpha value is -2.45. The van der Waals surface area contributed by atoms with Crippen LogP contribution in [0.3, 0.4) is 0 Å². The Balaban J connectivity index is 1.50. The highest BCUT2D eigenvalue weighted by Crippen LogP contribution is 2.41. The van der Waals surface area contributed by atoms with Crippen molar-refractivity contribution in [2.75, 3.05) is 49.1 Å². The molecule has 8 nitrogen and oxygen atoms in total. The summed E-state index contributed by atoms with van der Waals surface area (Å²) in [6, 6.07) is 5.96. The van der Waals surface area contributed by atoms with Crippen molar-refractivity contribution in [1.82, 2.24) is 10.2 Å². The molecule has 3 amide bonds. The van der Waals surface area contributed by atoms with E-state index in [1.165, 1.54) is 0 Å². The second kappa shape index (κ2) is 9.58. The number of amides is 3. The summed E-state index contributed by atoms with van der Waals surface area (Å²) in [6.07, 6.45) is 3.51. The Morgan fingerprint density at radius 1 is 1.25 bits per heavy atom. The highest BCUT2D eigenvalue weighted by atomic mass is 16.2. The number of fused-ring (bicyclic) bond motifs is 1. The first-order valence-corrected chi connectivity index (χ1v) is 11.8. The molecule has 1 aliphatic carbocycles. The first kappa shape index (κ1) is 22.7. The molecule has 3 aliphatic rings. The molecular weight excluding hydrogens is 406 g/mol. The van der Waals surface area contributed by atoms with Gasteiger partial charge in [0, 0.05) is 64.4 Å². The zero-order valence-corrected chi connectivity index (χ0v) is 19.2. The maximum absolute atomic E-state index is 13.0. The molecular formula is C24H35N5O3. The van der Waals surface area contributed by atoms with E-state index < -0.39 is 0 Å². The normalized spacial score (nSPS) is 21.7. The van der Waals surface area contributed by atoms with Gasteiger partial charge in [0.1, 0.15) is 0 Å². The molecule has 1 aromatic rings. The Morgan fingerprint density at radius 2 is 2.03 bits per heavy atom. The minimum atomic E-state index is -0.0613. The number of carbonyl (C=O) groups is 3. The van der Waals surface area contributed by atoms with Gasteiger partial charge in [-0.25, -0.2) is 0 Å². The number of anilines is 2. The van der Waals surface area contributed by atoms with Crippen molar-refractivity contribution in [3.63, 3.8) is 0 Å². The molecule has 8 heteroatoms. The van der Waals surface area contributed by atoms with Gasteiger partial charge in [0.25, 0.3) is 0 Å². The van der Waals surface area contributed by atoms with Gasteiger partial charge < -0.3 is 25.8 Å². The third kappa shape index (κ3) is 4.66. The molecule has 1 saturated heterocycles. The van der Waals surface area contributed by atoms with E-state index in [-0.39, 0.29) is 35.6 Å². The van der Waals surface area contributed by atoms with E-state index in [0.29, 0.717) is 26.1 Å². The summed E-state index contributed by atoms with van der Waals surface area (Å²) in [6.45, 7) is 7.54. The summed E-state index contributed by atoms with van der Waals surface area (Å²) in [5.41, 5.74) is 8.78. The molecule has 1 unspecified atom stereocenters. The molecule has 2 heterocycles. The Kier molecular flexibility index (Phi) is 6.81. The third-order valence-electron chi connectivity index (χ3n) is 6.85. The van der Waals surface area contributed by atoms with Crippen molar-refractivity contribution in [3.05, 3.63) is 23.8 Å². The van der Waals surface area contributed by atoms with E-state index in [9.17, 15) is 14.4 Å². The second-order valence-corrected chi connectivity index (χ2v) is 9.33. The number of likely N-dealkylation sites (tertiary alicyclic amines) is 1. The van der Waals surface area contributed by atoms with Crippen molar-refractivity contribution in [2.45, 2.75) is 51.5 Å². The highest BCUT2D eigenvalue weighted by molar-refractivity contribution is 6.05. The van der Waals surface area contributed by atoms with E-state index in [4.69, 9.17) is 5.73 Å². The van der Waals surface area contributed by atoms with Crippen molar-refractivity contribution in [2.24, 2.45) is 11.7 Å². The summed E-state index contributed by atoms with van der Waals surface area (Å²) in [5, 5.41) is 3.44. The van der Waals surface area contributed by atoms with Gasteiger partial charge in [0.2, 0.25) is 17.7 Å². The number of hydrogen-bond acceptors (Lipinski definition) is 5. The lowest BCUT2D eigenvalue weighted by Crippen LogP contribution is -2.51. The van der Waals surface area contributed by atoms with Gasteiger partial charge in [-0.1, -0.05) is 6.07 Å². The number of benzene rings is 1. The standard InChI is InChI=1S/C24H35N5O3/c1-16-15-28(24(32)18-5-6-18)22-12-19(7-8-21(22)29(16)17(2)30)20(13-25)14-26-9-11-27-10-3-4-23(27)31/h7-8,12,16,18,20,26H,3-6,9-11,13-15,25H2,1-2H3/t16-,20?/m0/s1. The van der Waals surface area contributed by atoms with Crippen molar-refractivity contribution in [1.29, 1.82) is 0 Å². The fraction of sp³-hybridized carbons (Fsp3) is 0.625. The van der Waals surface area contributed by atoms with Crippen molar-refractivity contribution in [3.8, 4) is 0 Å². The topological polar surface area (TPSA) is 99.0 Å². The lowest BCUT2D eigenvalue weighted by molar-refractivity contribution is -0.127. The molecule has 1 saturated carbocycles. The molecule has 2 fully saturated rings. The van der Waals surface area contributed by atoms with E-state index >= 15 is 0 Å². The molecule has 0 bridgehead atoms. The van der Waals surface area contributed by atoms with Crippen LogP contribution >= 0.6 is 0 Å². The fourth-order valence-corrected chi connectivity index (χ4v) is 4.90. The van der Waals surface area contributed by atoms with Crippen LogP contribution in [0.25, 0.3) is 0 Å². The quantitative estimate of drug-likeness (QED) is 0.595. The lowest BCUT2D eigenvalue weighted by atomic mass is 9.95. The van der Waals surface area contributed by atoms with Crippen LogP contribution in [0.5, 0.6) is 0 Å². The summed E-state index contributed by atoms with van der Waals surface area (Å²) < 4.78 is 0. The molecule has 3 N–H and O–H groups in total. The van der Waals surface area contributed by atoms with Gasteiger partial charge in [-0.05, 0) is 43.9 Å². The molecule has 2 atom stereocenters. The number of rotatable bonds is 8.